The molecule has 0 radical (unpaired) electrons. The van der Waals surface area contributed by atoms with Crippen LogP contribution in [0.2, 0.25) is 0 Å². The lowest BCUT2D eigenvalue weighted by molar-refractivity contribution is 0.558. The molecule has 0 bridgehead atoms. The van der Waals surface area contributed by atoms with Crippen molar-refractivity contribution in [1.82, 2.24) is 9.97 Å². The quantitative estimate of drug-likeness (QED) is 0.166. The van der Waals surface area contributed by atoms with Crippen molar-refractivity contribution in [3.8, 4) is 67.0 Å². The first-order chi connectivity index (χ1) is 25.8. The van der Waals surface area contributed by atoms with E-state index >= 15 is 0 Å². The van der Waals surface area contributed by atoms with Crippen molar-refractivity contribution in [1.29, 1.82) is 0 Å². The van der Waals surface area contributed by atoms with Crippen LogP contribution in [0.1, 0.15) is 0 Å². The van der Waals surface area contributed by atoms with Gasteiger partial charge in [0.1, 0.15) is 23.9 Å². The number of aromatic nitrogens is 2. The second-order valence-electron chi connectivity index (χ2n) is 13.1. The molecule has 4 heteroatoms. The van der Waals surface area contributed by atoms with E-state index in [0.717, 1.165) is 44.8 Å². The van der Waals surface area contributed by atoms with Crippen LogP contribution in [0.3, 0.4) is 0 Å². The van der Waals surface area contributed by atoms with Crippen LogP contribution in [-0.2, 0) is 0 Å². The number of rotatable bonds is 6. The van der Waals surface area contributed by atoms with Crippen LogP contribution in [0.15, 0.2) is 192 Å². The van der Waals surface area contributed by atoms with Crippen LogP contribution in [-0.4, -0.2) is 9.97 Å². The number of fused-ring (bicyclic) bond motifs is 3. The summed E-state index contributed by atoms with van der Waals surface area (Å²) < 4.78 is 10.7. The number of hydrogen-bond donors (Lipinski definition) is 0. The van der Waals surface area contributed by atoms with E-state index in [1.165, 1.54) is 67.4 Å². The molecule has 0 spiro atoms. The second kappa shape index (κ2) is 12.4. The molecule has 2 aromatic heterocycles. The van der Waals surface area contributed by atoms with Crippen molar-refractivity contribution in [3.05, 3.63) is 183 Å². The third kappa shape index (κ3) is 5.09. The Hall–Kier alpha value is -7.04. The van der Waals surface area contributed by atoms with E-state index in [2.05, 4.69) is 168 Å². The lowest BCUT2D eigenvalue weighted by Crippen LogP contribution is -1.92. The zero-order valence-electron chi connectivity index (χ0n) is 28.0. The van der Waals surface area contributed by atoms with Gasteiger partial charge in [0.05, 0.1) is 0 Å². The van der Waals surface area contributed by atoms with E-state index in [1.807, 2.05) is 0 Å². The van der Waals surface area contributed by atoms with Gasteiger partial charge in [-0.3, -0.25) is 0 Å². The van der Waals surface area contributed by atoms with Gasteiger partial charge in [0.15, 0.2) is 12.8 Å². The first-order valence-electron chi connectivity index (χ1n) is 17.3. The fraction of sp³-hybridized carbons (Fsp3) is 0. The molecule has 0 unspecified atom stereocenters. The van der Waals surface area contributed by atoms with E-state index in [-0.39, 0.29) is 0 Å². The van der Waals surface area contributed by atoms with Gasteiger partial charge in [0.2, 0.25) is 0 Å². The fourth-order valence-electron chi connectivity index (χ4n) is 7.68. The summed E-state index contributed by atoms with van der Waals surface area (Å²) in [6.07, 6.45) is 6.34. The van der Waals surface area contributed by atoms with Crippen molar-refractivity contribution in [3.63, 3.8) is 0 Å². The summed E-state index contributed by atoms with van der Waals surface area (Å²) >= 11 is 0. The number of nitrogens with zero attached hydrogens (tertiary/aromatic N) is 2. The number of benzene rings is 8. The highest BCUT2D eigenvalue weighted by Crippen LogP contribution is 2.46. The Labute approximate surface area is 300 Å². The van der Waals surface area contributed by atoms with Crippen LogP contribution in [0.25, 0.3) is 99.3 Å². The Kier molecular flexibility index (Phi) is 7.10. The van der Waals surface area contributed by atoms with Crippen LogP contribution in [0.5, 0.6) is 0 Å². The molecule has 4 nitrogen and oxygen atoms in total. The Morgan fingerprint density at radius 1 is 0.327 bits per heavy atom. The maximum atomic E-state index is 5.36. The highest BCUT2D eigenvalue weighted by molar-refractivity contribution is 6.22. The van der Waals surface area contributed by atoms with Crippen LogP contribution < -0.4 is 0 Å². The zero-order chi connectivity index (χ0) is 34.4. The highest BCUT2D eigenvalue weighted by atomic mass is 16.3. The van der Waals surface area contributed by atoms with Crippen LogP contribution in [0, 0.1) is 0 Å². The lowest BCUT2D eigenvalue weighted by Gasteiger charge is -2.19. The first-order valence-corrected chi connectivity index (χ1v) is 17.3. The van der Waals surface area contributed by atoms with Gasteiger partial charge in [-0.2, -0.15) is 0 Å². The van der Waals surface area contributed by atoms with Crippen molar-refractivity contribution in [2.75, 3.05) is 0 Å². The molecule has 0 aliphatic heterocycles. The molecule has 52 heavy (non-hydrogen) atoms. The molecule has 0 N–H and O–H groups in total. The average molecular weight is 667 g/mol. The molecule has 0 amide bonds. The maximum absolute atomic E-state index is 5.36. The van der Waals surface area contributed by atoms with Crippen LogP contribution >= 0.6 is 0 Å². The van der Waals surface area contributed by atoms with E-state index < -0.39 is 0 Å². The van der Waals surface area contributed by atoms with Gasteiger partial charge >= 0.3 is 0 Å². The molecule has 10 aromatic rings. The lowest BCUT2D eigenvalue weighted by atomic mass is 9.84. The summed E-state index contributed by atoms with van der Waals surface area (Å²) in [5.74, 6) is 0. The van der Waals surface area contributed by atoms with E-state index in [0.29, 0.717) is 0 Å². The van der Waals surface area contributed by atoms with Crippen molar-refractivity contribution >= 4 is 32.3 Å². The van der Waals surface area contributed by atoms with Crippen molar-refractivity contribution < 1.29 is 8.83 Å². The van der Waals surface area contributed by atoms with Crippen LogP contribution in [0.4, 0.5) is 0 Å². The Morgan fingerprint density at radius 2 is 0.827 bits per heavy atom. The predicted molar refractivity (Wildman–Crippen MR) is 212 cm³/mol. The Morgan fingerprint density at radius 3 is 1.46 bits per heavy atom. The van der Waals surface area contributed by atoms with E-state index in [4.69, 9.17) is 8.83 Å². The molecule has 10 rings (SSSR count). The summed E-state index contributed by atoms with van der Waals surface area (Å²) in [4.78, 5) is 8.89. The van der Waals surface area contributed by atoms with Gasteiger partial charge in [0.25, 0.3) is 0 Å². The zero-order valence-corrected chi connectivity index (χ0v) is 28.0. The van der Waals surface area contributed by atoms with E-state index in [1.54, 1.807) is 12.5 Å². The minimum Gasteiger partial charge on any atom is -0.451 e. The molecule has 8 aromatic carbocycles. The highest BCUT2D eigenvalue weighted by Gasteiger charge is 2.19. The molecule has 0 saturated carbocycles. The summed E-state index contributed by atoms with van der Waals surface area (Å²) in [5.41, 5.74) is 13.0. The number of oxazole rings is 2. The van der Waals surface area contributed by atoms with Gasteiger partial charge < -0.3 is 8.83 Å². The molecule has 0 saturated heterocycles. The molecule has 244 valence electrons. The van der Waals surface area contributed by atoms with Gasteiger partial charge in [-0.1, -0.05) is 140 Å². The molecule has 0 aliphatic rings. The fourth-order valence-corrected chi connectivity index (χ4v) is 7.68. The third-order valence-corrected chi connectivity index (χ3v) is 10.1. The second-order valence-corrected chi connectivity index (χ2v) is 13.1. The summed E-state index contributed by atoms with van der Waals surface area (Å²) in [7, 11) is 0. The topological polar surface area (TPSA) is 52.1 Å². The molecule has 2 heterocycles. The van der Waals surface area contributed by atoms with Gasteiger partial charge in [-0.25, -0.2) is 9.97 Å². The standard InChI is InChI=1S/C48H30N2O2/c1-2-14-39-32(8-1)9-7-17-40(39)33-20-18-31(19-21-33)34-22-23-43-44(26-34)48(38-13-6-11-36(25-38)46-28-52-30-50-46)42-16-4-3-15-41(42)47(43)37-12-5-10-35(24-37)45-27-51-29-49-45/h1-30H. The summed E-state index contributed by atoms with van der Waals surface area (Å²) in [6, 6.07) is 56.9. The maximum Gasteiger partial charge on any atom is 0.181 e. The summed E-state index contributed by atoms with van der Waals surface area (Å²) in [5, 5.41) is 7.21. The molecule has 0 atom stereocenters. The monoisotopic (exact) mass is 666 g/mol. The van der Waals surface area contributed by atoms with Gasteiger partial charge in [-0.05, 0) is 95.0 Å². The predicted octanol–water partition coefficient (Wildman–Crippen LogP) is 13.1. The minimum atomic E-state index is 0.809. The third-order valence-electron chi connectivity index (χ3n) is 10.1. The average Bonchev–Trinajstić information content (AvgIpc) is 3.96. The summed E-state index contributed by atoms with van der Waals surface area (Å²) in [6.45, 7) is 0. The van der Waals surface area contributed by atoms with E-state index in [9.17, 15) is 0 Å². The van der Waals surface area contributed by atoms with Gasteiger partial charge in [0, 0.05) is 11.1 Å². The molecule has 0 fully saturated rings. The van der Waals surface area contributed by atoms with Crippen molar-refractivity contribution in [2.24, 2.45) is 0 Å². The first kappa shape index (κ1) is 29.8. The molecular weight excluding hydrogens is 637 g/mol. The number of hydrogen-bond acceptors (Lipinski definition) is 4. The largest absolute Gasteiger partial charge is 0.451 e. The Bertz CT molecular complexity index is 2880. The molecule has 0 aliphatic carbocycles. The minimum absolute atomic E-state index is 0.809. The Balaban J connectivity index is 1.20. The SMILES string of the molecule is c1cc(-c2cocn2)cc(-c2c3ccccc3c(-c3cccc(-c4cocn4)c3)c3cc(-c4ccc(-c5cccc6ccccc56)cc4)ccc23)c1. The smallest absolute Gasteiger partial charge is 0.181 e. The van der Waals surface area contributed by atoms with Crippen molar-refractivity contribution in [2.45, 2.75) is 0 Å². The van der Waals surface area contributed by atoms with Gasteiger partial charge in [-0.15, -0.1) is 0 Å². The molecular formula is C48H30N2O2. The normalized spacial score (nSPS) is 11.5.